The van der Waals surface area contributed by atoms with Gasteiger partial charge in [0.2, 0.25) is 0 Å². The van der Waals surface area contributed by atoms with E-state index in [-0.39, 0.29) is 5.91 Å². The van der Waals surface area contributed by atoms with Gasteiger partial charge in [-0.15, -0.1) is 0 Å². The minimum absolute atomic E-state index is 0.313. The maximum absolute atomic E-state index is 11.9. The number of aromatic nitrogens is 6. The summed E-state index contributed by atoms with van der Waals surface area (Å²) in [5.41, 5.74) is 0.313. The van der Waals surface area contributed by atoms with Crippen LogP contribution in [0.2, 0.25) is 0 Å². The Morgan fingerprint density at radius 1 is 1.15 bits per heavy atom. The number of pyridine rings is 1. The number of carbonyl (C=O) groups is 1. The van der Waals surface area contributed by atoms with Gasteiger partial charge in [0.1, 0.15) is 30.5 Å². The van der Waals surface area contributed by atoms with Gasteiger partial charge in [-0.2, -0.15) is 5.10 Å². The molecule has 1 amide bonds. The van der Waals surface area contributed by atoms with Crippen molar-refractivity contribution in [2.45, 2.75) is 0 Å². The largest absolute Gasteiger partial charge is 0.305 e. The zero-order valence-corrected chi connectivity index (χ0v) is 10.2. The monoisotopic (exact) mass is 267 g/mol. The molecule has 98 valence electrons. The predicted molar refractivity (Wildman–Crippen MR) is 69.1 cm³/mol. The first-order valence-electron chi connectivity index (χ1n) is 5.72. The van der Waals surface area contributed by atoms with Crippen molar-refractivity contribution in [3.05, 3.63) is 55.1 Å². The van der Waals surface area contributed by atoms with Crippen LogP contribution in [0, 0.1) is 0 Å². The van der Waals surface area contributed by atoms with Crippen LogP contribution in [0.3, 0.4) is 0 Å². The molecule has 3 heterocycles. The molecule has 0 aliphatic carbocycles. The standard InChI is InChI=1S/C12H9N7O/c20-12(9-3-1-2-4-14-9)18-10-5-11(16-7-15-10)19-8-13-6-17-19/h1-8H,(H,15,16,18,20). The summed E-state index contributed by atoms with van der Waals surface area (Å²) in [5, 5.41) is 6.60. The lowest BCUT2D eigenvalue weighted by Gasteiger charge is -2.05. The molecule has 0 saturated carbocycles. The van der Waals surface area contributed by atoms with Gasteiger partial charge in [0.05, 0.1) is 0 Å². The number of hydrogen-bond donors (Lipinski definition) is 1. The highest BCUT2D eigenvalue weighted by Crippen LogP contribution is 2.08. The van der Waals surface area contributed by atoms with Crippen LogP contribution in [-0.2, 0) is 0 Å². The van der Waals surface area contributed by atoms with E-state index in [9.17, 15) is 4.79 Å². The number of hydrogen-bond acceptors (Lipinski definition) is 6. The Morgan fingerprint density at radius 3 is 2.85 bits per heavy atom. The minimum atomic E-state index is -0.339. The van der Waals surface area contributed by atoms with Gasteiger partial charge in [-0.3, -0.25) is 9.78 Å². The first kappa shape index (κ1) is 11.9. The van der Waals surface area contributed by atoms with Gasteiger partial charge >= 0.3 is 0 Å². The Kier molecular flexibility index (Phi) is 3.11. The van der Waals surface area contributed by atoms with Crippen molar-refractivity contribution in [3.63, 3.8) is 0 Å². The van der Waals surface area contributed by atoms with Gasteiger partial charge in [-0.1, -0.05) is 6.07 Å². The van der Waals surface area contributed by atoms with Crippen molar-refractivity contribution in [2.24, 2.45) is 0 Å². The third kappa shape index (κ3) is 2.48. The van der Waals surface area contributed by atoms with E-state index in [1.165, 1.54) is 23.7 Å². The number of rotatable bonds is 3. The van der Waals surface area contributed by atoms with E-state index in [1.54, 1.807) is 30.5 Å². The third-order valence-corrected chi connectivity index (χ3v) is 2.45. The molecule has 0 fully saturated rings. The van der Waals surface area contributed by atoms with E-state index in [1.807, 2.05) is 0 Å². The average Bonchev–Trinajstić information content (AvgIpc) is 3.03. The molecule has 0 bridgehead atoms. The maximum Gasteiger partial charge on any atom is 0.275 e. The van der Waals surface area contributed by atoms with Gasteiger partial charge in [0, 0.05) is 12.3 Å². The zero-order chi connectivity index (χ0) is 13.8. The summed E-state index contributed by atoms with van der Waals surface area (Å²) in [6.07, 6.45) is 5.79. The van der Waals surface area contributed by atoms with Crippen molar-refractivity contribution in [3.8, 4) is 5.82 Å². The molecule has 1 N–H and O–H groups in total. The summed E-state index contributed by atoms with van der Waals surface area (Å²) in [6, 6.07) is 6.69. The molecule has 0 atom stereocenters. The van der Waals surface area contributed by atoms with Crippen LogP contribution in [0.25, 0.3) is 5.82 Å². The van der Waals surface area contributed by atoms with Crippen LogP contribution >= 0.6 is 0 Å². The third-order valence-electron chi connectivity index (χ3n) is 2.45. The van der Waals surface area contributed by atoms with Crippen molar-refractivity contribution in [1.29, 1.82) is 0 Å². The lowest BCUT2D eigenvalue weighted by Crippen LogP contribution is -2.15. The molecular formula is C12H9N7O. The van der Waals surface area contributed by atoms with Crippen LogP contribution in [0.5, 0.6) is 0 Å². The van der Waals surface area contributed by atoms with E-state index in [0.717, 1.165) is 0 Å². The fourth-order valence-electron chi connectivity index (χ4n) is 1.54. The summed E-state index contributed by atoms with van der Waals surface area (Å²) >= 11 is 0. The quantitative estimate of drug-likeness (QED) is 0.750. The Balaban J connectivity index is 1.82. The van der Waals surface area contributed by atoms with Gasteiger partial charge in [0.15, 0.2) is 5.82 Å². The highest BCUT2D eigenvalue weighted by molar-refractivity contribution is 6.02. The minimum Gasteiger partial charge on any atom is -0.305 e. The molecule has 3 aromatic heterocycles. The van der Waals surface area contributed by atoms with Gasteiger partial charge < -0.3 is 5.32 Å². The summed E-state index contributed by atoms with van der Waals surface area (Å²) in [5.74, 6) is 0.531. The number of carbonyl (C=O) groups excluding carboxylic acids is 1. The lowest BCUT2D eigenvalue weighted by molar-refractivity contribution is 0.102. The molecule has 3 aromatic rings. The van der Waals surface area contributed by atoms with Crippen molar-refractivity contribution in [2.75, 3.05) is 5.32 Å². The Hall–Kier alpha value is -3.16. The number of nitrogens with zero attached hydrogens (tertiary/aromatic N) is 6. The first-order valence-corrected chi connectivity index (χ1v) is 5.72. The highest BCUT2D eigenvalue weighted by Gasteiger charge is 2.08. The van der Waals surface area contributed by atoms with Crippen LogP contribution in [0.4, 0.5) is 5.82 Å². The summed E-state index contributed by atoms with van der Waals surface area (Å²) in [6.45, 7) is 0. The van der Waals surface area contributed by atoms with E-state index < -0.39 is 0 Å². The highest BCUT2D eigenvalue weighted by atomic mass is 16.1. The predicted octanol–water partition coefficient (Wildman–Crippen LogP) is 0.705. The Bertz CT molecular complexity index is 712. The number of amides is 1. The molecule has 0 aliphatic rings. The lowest BCUT2D eigenvalue weighted by atomic mass is 10.3. The number of anilines is 1. The SMILES string of the molecule is O=C(Nc1cc(-n2cncn2)ncn1)c1ccccn1. The van der Waals surface area contributed by atoms with Crippen molar-refractivity contribution in [1.82, 2.24) is 29.7 Å². The number of nitrogens with one attached hydrogen (secondary N) is 1. The van der Waals surface area contributed by atoms with Gasteiger partial charge in [-0.25, -0.2) is 19.6 Å². The van der Waals surface area contributed by atoms with Crippen LogP contribution in [0.15, 0.2) is 49.4 Å². The van der Waals surface area contributed by atoms with Gasteiger partial charge in [-0.05, 0) is 12.1 Å². The molecule has 0 aliphatic heterocycles. The molecular weight excluding hydrogens is 258 g/mol. The molecule has 8 nitrogen and oxygen atoms in total. The molecule has 0 radical (unpaired) electrons. The van der Waals surface area contributed by atoms with E-state index in [0.29, 0.717) is 17.3 Å². The van der Waals surface area contributed by atoms with E-state index >= 15 is 0 Å². The molecule has 3 rings (SSSR count). The fraction of sp³-hybridized carbons (Fsp3) is 0. The second kappa shape index (κ2) is 5.22. The van der Waals surface area contributed by atoms with Crippen LogP contribution in [0.1, 0.15) is 10.5 Å². The molecule has 0 aromatic carbocycles. The molecule has 0 saturated heterocycles. The summed E-state index contributed by atoms with van der Waals surface area (Å²) in [4.78, 5) is 27.8. The smallest absolute Gasteiger partial charge is 0.275 e. The first-order chi connectivity index (χ1) is 9.83. The Morgan fingerprint density at radius 2 is 2.10 bits per heavy atom. The zero-order valence-electron chi connectivity index (χ0n) is 10.2. The molecule has 20 heavy (non-hydrogen) atoms. The second-order valence-electron chi connectivity index (χ2n) is 3.77. The topological polar surface area (TPSA) is 98.5 Å². The molecule has 0 unspecified atom stereocenters. The molecule has 8 heteroatoms. The van der Waals surface area contributed by atoms with Crippen molar-refractivity contribution < 1.29 is 4.79 Å². The average molecular weight is 267 g/mol. The van der Waals surface area contributed by atoms with Crippen LogP contribution in [-0.4, -0.2) is 35.6 Å². The normalized spacial score (nSPS) is 10.2. The summed E-state index contributed by atoms with van der Waals surface area (Å²) < 4.78 is 1.47. The van der Waals surface area contributed by atoms with E-state index in [2.05, 4.69) is 30.4 Å². The van der Waals surface area contributed by atoms with Gasteiger partial charge in [0.25, 0.3) is 5.91 Å². The van der Waals surface area contributed by atoms with Crippen molar-refractivity contribution >= 4 is 11.7 Å². The fourth-order valence-corrected chi connectivity index (χ4v) is 1.54. The van der Waals surface area contributed by atoms with Crippen LogP contribution < -0.4 is 5.32 Å². The summed E-state index contributed by atoms with van der Waals surface area (Å²) in [7, 11) is 0. The maximum atomic E-state index is 11.9. The second-order valence-corrected chi connectivity index (χ2v) is 3.77. The molecule has 0 spiro atoms. The Labute approximate surface area is 113 Å². The van der Waals surface area contributed by atoms with E-state index in [4.69, 9.17) is 0 Å².